The molecule has 3 N–H and O–H groups in total. The molecular formula is C20H17Br2IN2O5. The predicted molar refractivity (Wildman–Crippen MR) is 129 cm³/mol. The molecule has 158 valence electrons. The van der Waals surface area contributed by atoms with Gasteiger partial charge in [0.05, 0.1) is 28.8 Å². The Morgan fingerprint density at radius 1 is 1.20 bits per heavy atom. The molecule has 1 aliphatic rings. The summed E-state index contributed by atoms with van der Waals surface area (Å²) in [6, 6.07) is 9.31. The summed E-state index contributed by atoms with van der Waals surface area (Å²) >= 11 is 9.04. The van der Waals surface area contributed by atoms with Crippen molar-refractivity contribution < 1.29 is 24.2 Å². The number of amides is 2. The molecule has 0 aliphatic carbocycles. The van der Waals surface area contributed by atoms with Crippen LogP contribution < -0.4 is 15.4 Å². The zero-order valence-corrected chi connectivity index (χ0v) is 20.8. The van der Waals surface area contributed by atoms with E-state index < -0.39 is 6.09 Å². The molecule has 1 heterocycles. The fraction of sp³-hybridized carbons (Fsp3) is 0.200. The number of hydrogen-bond acceptors (Lipinski definition) is 5. The van der Waals surface area contributed by atoms with Crippen LogP contribution in [-0.4, -0.2) is 43.5 Å². The van der Waals surface area contributed by atoms with Crippen LogP contribution in [0.25, 0.3) is 11.6 Å². The highest BCUT2D eigenvalue weighted by atomic mass is 127. The molecule has 0 fully saturated rings. The number of aliphatic hydroxyl groups excluding tert-OH is 1. The van der Waals surface area contributed by atoms with E-state index in [4.69, 9.17) is 14.6 Å². The Hall–Kier alpha value is -1.47. The molecule has 30 heavy (non-hydrogen) atoms. The lowest BCUT2D eigenvalue weighted by atomic mass is 10.0. The fourth-order valence-corrected chi connectivity index (χ4v) is 4.63. The van der Waals surface area contributed by atoms with Crippen molar-refractivity contribution in [3.63, 3.8) is 0 Å². The molecule has 0 aromatic heterocycles. The summed E-state index contributed by atoms with van der Waals surface area (Å²) in [5.74, 6) is 0.152. The summed E-state index contributed by atoms with van der Waals surface area (Å²) in [4.78, 5) is 24.4. The average molecular weight is 652 g/mol. The zero-order valence-electron chi connectivity index (χ0n) is 15.5. The minimum atomic E-state index is -0.631. The number of fused-ring (bicyclic) bond motifs is 1. The average Bonchev–Trinajstić information content (AvgIpc) is 2.99. The maximum Gasteiger partial charge on any atom is 0.412 e. The van der Waals surface area contributed by atoms with Gasteiger partial charge in [-0.1, -0.05) is 0 Å². The Labute approximate surface area is 203 Å². The van der Waals surface area contributed by atoms with E-state index in [2.05, 4.69) is 65.1 Å². The van der Waals surface area contributed by atoms with Crippen LogP contribution in [0.3, 0.4) is 0 Å². The summed E-state index contributed by atoms with van der Waals surface area (Å²) in [5, 5.41) is 14.1. The lowest BCUT2D eigenvalue weighted by Crippen LogP contribution is -2.30. The van der Waals surface area contributed by atoms with Gasteiger partial charge in [-0.2, -0.15) is 0 Å². The van der Waals surface area contributed by atoms with Crippen LogP contribution in [0, 0.1) is 3.57 Å². The van der Waals surface area contributed by atoms with E-state index in [1.54, 1.807) is 18.2 Å². The van der Waals surface area contributed by atoms with Gasteiger partial charge in [-0.3, -0.25) is 4.79 Å². The topological polar surface area (TPSA) is 96.9 Å². The molecule has 0 atom stereocenters. The number of aliphatic hydroxyl groups is 1. The molecule has 1 aliphatic heterocycles. The Balaban J connectivity index is 1.74. The van der Waals surface area contributed by atoms with E-state index in [1.807, 2.05) is 18.2 Å². The van der Waals surface area contributed by atoms with Gasteiger partial charge in [-0.15, -0.1) is 0 Å². The van der Waals surface area contributed by atoms with Crippen LogP contribution >= 0.6 is 54.5 Å². The summed E-state index contributed by atoms with van der Waals surface area (Å²) in [6.07, 6.45) is 1.16. The van der Waals surface area contributed by atoms with Gasteiger partial charge in [0.15, 0.2) is 5.75 Å². The minimum Gasteiger partial charge on any atom is -0.408 e. The van der Waals surface area contributed by atoms with Crippen LogP contribution in [-0.2, 0) is 9.53 Å². The molecular weight excluding hydrogens is 635 g/mol. The van der Waals surface area contributed by atoms with Crippen LogP contribution in [0.2, 0.25) is 0 Å². The molecule has 0 saturated carbocycles. The smallest absolute Gasteiger partial charge is 0.408 e. The first-order valence-electron chi connectivity index (χ1n) is 8.85. The second-order valence-corrected chi connectivity index (χ2v) is 9.12. The van der Waals surface area contributed by atoms with E-state index in [9.17, 15) is 9.59 Å². The third-order valence-electron chi connectivity index (χ3n) is 4.04. The molecule has 7 nitrogen and oxygen atoms in total. The van der Waals surface area contributed by atoms with Gasteiger partial charge in [-0.05, 0) is 96.4 Å². The second kappa shape index (κ2) is 10.7. The van der Waals surface area contributed by atoms with Crippen LogP contribution in [0.15, 0.2) is 39.3 Å². The molecule has 0 unspecified atom stereocenters. The predicted octanol–water partition coefficient (Wildman–Crippen LogP) is 4.41. The normalized spacial score (nSPS) is 13.9. The van der Waals surface area contributed by atoms with Gasteiger partial charge in [0.1, 0.15) is 0 Å². The Morgan fingerprint density at radius 2 is 1.93 bits per heavy atom. The highest BCUT2D eigenvalue weighted by Crippen LogP contribution is 2.38. The Bertz CT molecular complexity index is 990. The summed E-state index contributed by atoms with van der Waals surface area (Å²) in [7, 11) is 0. The van der Waals surface area contributed by atoms with Crippen molar-refractivity contribution in [1.82, 2.24) is 5.32 Å². The monoisotopic (exact) mass is 650 g/mol. The largest absolute Gasteiger partial charge is 0.412 e. The van der Waals surface area contributed by atoms with Gasteiger partial charge in [0.25, 0.3) is 5.91 Å². The number of halogens is 3. The third-order valence-corrected chi connectivity index (χ3v) is 5.89. The molecule has 2 aromatic rings. The maximum absolute atomic E-state index is 12.4. The summed E-state index contributed by atoms with van der Waals surface area (Å²) < 4.78 is 12.6. The van der Waals surface area contributed by atoms with Crippen LogP contribution in [0.1, 0.15) is 11.1 Å². The minimum absolute atomic E-state index is 0.0701. The summed E-state index contributed by atoms with van der Waals surface area (Å²) in [6.45, 7) is 0.671. The Morgan fingerprint density at radius 3 is 2.63 bits per heavy atom. The van der Waals surface area contributed by atoms with Crippen molar-refractivity contribution in [2.75, 3.05) is 31.7 Å². The molecule has 0 spiro atoms. The standard InChI is InChI=1S/C20H17Br2IN2O5/c21-15-8-11(7-14-13-10-12(23)1-2-17(13)25-19(14)27)9-16(22)18(15)30-20(28)24-3-5-29-6-4-26/h1-2,7-10,26H,3-6H2,(H,24,28)(H,25,27). The quantitative estimate of drug-likeness (QED) is 0.234. The van der Waals surface area contributed by atoms with E-state index in [0.29, 0.717) is 20.3 Å². The maximum atomic E-state index is 12.4. The van der Waals surface area contributed by atoms with E-state index in [-0.39, 0.29) is 32.3 Å². The number of carbonyl (C=O) groups is 2. The lowest BCUT2D eigenvalue weighted by molar-refractivity contribution is -0.110. The van der Waals surface area contributed by atoms with Gasteiger partial charge in [-0.25, -0.2) is 4.79 Å². The van der Waals surface area contributed by atoms with Gasteiger partial charge >= 0.3 is 6.09 Å². The molecule has 0 radical (unpaired) electrons. The number of rotatable bonds is 7. The number of nitrogens with one attached hydrogen (secondary N) is 2. The van der Waals surface area contributed by atoms with E-state index in [1.165, 1.54) is 0 Å². The van der Waals surface area contributed by atoms with Crippen LogP contribution in [0.4, 0.5) is 10.5 Å². The van der Waals surface area contributed by atoms with Crippen molar-refractivity contribution in [3.8, 4) is 5.75 Å². The van der Waals surface area contributed by atoms with Gasteiger partial charge < -0.3 is 25.2 Å². The van der Waals surface area contributed by atoms with Crippen molar-refractivity contribution in [2.45, 2.75) is 0 Å². The number of carbonyl (C=O) groups excluding carboxylic acids is 2. The molecule has 0 saturated heterocycles. The van der Waals surface area contributed by atoms with Crippen molar-refractivity contribution in [1.29, 1.82) is 0 Å². The molecule has 0 bridgehead atoms. The van der Waals surface area contributed by atoms with E-state index >= 15 is 0 Å². The number of benzene rings is 2. The third kappa shape index (κ3) is 5.82. The number of hydrogen-bond donors (Lipinski definition) is 3. The fourth-order valence-electron chi connectivity index (χ4n) is 2.75. The first kappa shape index (κ1) is 23.2. The summed E-state index contributed by atoms with van der Waals surface area (Å²) in [5.41, 5.74) is 2.96. The molecule has 3 rings (SSSR count). The molecule has 2 amide bonds. The van der Waals surface area contributed by atoms with Gasteiger partial charge in [0, 0.05) is 26.9 Å². The van der Waals surface area contributed by atoms with E-state index in [0.717, 1.165) is 20.4 Å². The first-order valence-corrected chi connectivity index (χ1v) is 11.5. The zero-order chi connectivity index (χ0) is 21.7. The number of anilines is 1. The van der Waals surface area contributed by atoms with Gasteiger partial charge in [0.2, 0.25) is 0 Å². The van der Waals surface area contributed by atoms with Crippen molar-refractivity contribution in [2.24, 2.45) is 0 Å². The molecule has 2 aromatic carbocycles. The first-order chi connectivity index (χ1) is 14.4. The number of ether oxygens (including phenoxy) is 2. The highest BCUT2D eigenvalue weighted by Gasteiger charge is 2.24. The lowest BCUT2D eigenvalue weighted by Gasteiger charge is -2.11. The van der Waals surface area contributed by atoms with Crippen molar-refractivity contribution in [3.05, 3.63) is 54.0 Å². The SMILES string of the molecule is O=C(NCCOCCO)Oc1c(Br)cc(C=C2C(=O)Nc3ccc(I)cc32)cc1Br. The van der Waals surface area contributed by atoms with Crippen molar-refractivity contribution >= 4 is 83.8 Å². The molecule has 10 heteroatoms. The Kier molecular flexibility index (Phi) is 8.28. The highest BCUT2D eigenvalue weighted by molar-refractivity contribution is 14.1. The second-order valence-electron chi connectivity index (χ2n) is 6.17. The van der Waals surface area contributed by atoms with Crippen LogP contribution in [0.5, 0.6) is 5.75 Å².